The van der Waals surface area contributed by atoms with Gasteiger partial charge in [-0.05, 0) is 18.2 Å². The topological polar surface area (TPSA) is 45.8 Å². The van der Waals surface area contributed by atoms with E-state index in [1.807, 2.05) is 0 Å². The van der Waals surface area contributed by atoms with E-state index >= 15 is 0 Å². The van der Waals surface area contributed by atoms with Crippen molar-refractivity contribution in [3.05, 3.63) is 30.0 Å². The highest BCUT2D eigenvalue weighted by Gasteiger charge is 2.39. The lowest BCUT2D eigenvalue weighted by molar-refractivity contribution is -0.0885. The molecular weight excluding hydrogens is 209 g/mol. The summed E-state index contributed by atoms with van der Waals surface area (Å²) in [6.07, 6.45) is -3.47. The number of hydrogen-bond acceptors (Lipinski definition) is 2. The highest BCUT2D eigenvalue weighted by molar-refractivity contribution is 6.02. The molecular formula is C9H5F3N2O. The predicted molar refractivity (Wildman–Crippen MR) is 46.5 cm³/mol. The van der Waals surface area contributed by atoms with Crippen LogP contribution in [0.3, 0.4) is 0 Å². The lowest BCUT2D eigenvalue weighted by atomic mass is 10.1. The Morgan fingerprint density at radius 2 is 2.07 bits per heavy atom. The molecule has 15 heavy (non-hydrogen) atoms. The highest BCUT2D eigenvalue weighted by Crippen LogP contribution is 2.23. The molecule has 0 atom stereocenters. The molecule has 2 rings (SSSR count). The molecule has 0 saturated heterocycles. The van der Waals surface area contributed by atoms with E-state index in [0.29, 0.717) is 10.9 Å². The Hall–Kier alpha value is -1.85. The van der Waals surface area contributed by atoms with Crippen molar-refractivity contribution in [2.45, 2.75) is 6.18 Å². The average Bonchev–Trinajstić information content (AvgIpc) is 2.61. The molecule has 0 aliphatic carbocycles. The number of alkyl halides is 3. The number of nitrogens with zero attached hydrogens (tertiary/aromatic N) is 1. The minimum atomic E-state index is -4.84. The Morgan fingerprint density at radius 3 is 2.73 bits per heavy atom. The molecule has 6 heteroatoms. The summed E-state index contributed by atoms with van der Waals surface area (Å²) in [5.41, 5.74) is 0.213. The van der Waals surface area contributed by atoms with Crippen molar-refractivity contribution in [3.8, 4) is 0 Å². The maximum absolute atomic E-state index is 12.1. The molecule has 1 heterocycles. The zero-order chi connectivity index (χ0) is 11.1. The third kappa shape index (κ3) is 1.70. The molecule has 0 amide bonds. The molecule has 1 N–H and O–H groups in total. The fraction of sp³-hybridized carbons (Fsp3) is 0.111. The first-order valence-corrected chi connectivity index (χ1v) is 4.03. The van der Waals surface area contributed by atoms with Gasteiger partial charge in [-0.25, -0.2) is 0 Å². The van der Waals surface area contributed by atoms with Crippen LogP contribution in [0.2, 0.25) is 0 Å². The molecule has 0 aliphatic rings. The Labute approximate surface area is 81.9 Å². The van der Waals surface area contributed by atoms with E-state index in [-0.39, 0.29) is 5.56 Å². The predicted octanol–water partition coefficient (Wildman–Crippen LogP) is 2.31. The summed E-state index contributed by atoms with van der Waals surface area (Å²) >= 11 is 0. The third-order valence-electron chi connectivity index (χ3n) is 1.96. The highest BCUT2D eigenvalue weighted by atomic mass is 19.4. The number of fused-ring (bicyclic) bond motifs is 1. The zero-order valence-corrected chi connectivity index (χ0v) is 7.30. The van der Waals surface area contributed by atoms with Gasteiger partial charge in [-0.1, -0.05) is 0 Å². The normalized spacial score (nSPS) is 11.9. The Bertz CT molecular complexity index is 515. The molecule has 0 saturated carbocycles. The van der Waals surface area contributed by atoms with E-state index in [4.69, 9.17) is 0 Å². The summed E-state index contributed by atoms with van der Waals surface area (Å²) in [7, 11) is 0. The Morgan fingerprint density at radius 1 is 1.33 bits per heavy atom. The van der Waals surface area contributed by atoms with Gasteiger partial charge in [0, 0.05) is 10.9 Å². The second-order valence-electron chi connectivity index (χ2n) is 3.00. The molecule has 0 radical (unpaired) electrons. The molecule has 1 aromatic heterocycles. The molecule has 0 fully saturated rings. The van der Waals surface area contributed by atoms with Gasteiger partial charge in [0.25, 0.3) is 5.78 Å². The maximum Gasteiger partial charge on any atom is 0.454 e. The number of benzene rings is 1. The average molecular weight is 214 g/mol. The summed E-state index contributed by atoms with van der Waals surface area (Å²) in [5.74, 6) is -1.84. The van der Waals surface area contributed by atoms with Crippen LogP contribution in [0.1, 0.15) is 10.4 Å². The third-order valence-corrected chi connectivity index (χ3v) is 1.96. The van der Waals surface area contributed by atoms with E-state index in [1.165, 1.54) is 12.3 Å². The molecule has 0 spiro atoms. The monoisotopic (exact) mass is 214 g/mol. The number of carbonyl (C=O) groups excluding carboxylic acids is 1. The number of halogens is 3. The Kier molecular flexibility index (Phi) is 1.99. The molecule has 2 aromatic rings. The molecule has 0 unspecified atom stereocenters. The van der Waals surface area contributed by atoms with Gasteiger partial charge in [-0.15, -0.1) is 0 Å². The molecule has 78 valence electrons. The van der Waals surface area contributed by atoms with Crippen molar-refractivity contribution in [1.82, 2.24) is 10.2 Å². The van der Waals surface area contributed by atoms with E-state index in [9.17, 15) is 18.0 Å². The first-order valence-electron chi connectivity index (χ1n) is 4.03. The van der Waals surface area contributed by atoms with Crippen molar-refractivity contribution in [3.63, 3.8) is 0 Å². The molecule has 1 aromatic carbocycles. The van der Waals surface area contributed by atoms with Gasteiger partial charge in [0.05, 0.1) is 11.7 Å². The number of ketones is 1. The number of H-pyrrole nitrogens is 1. The number of rotatable bonds is 1. The van der Waals surface area contributed by atoms with Crippen LogP contribution >= 0.6 is 0 Å². The lowest BCUT2D eigenvalue weighted by Crippen LogP contribution is -2.22. The smallest absolute Gasteiger partial charge is 0.284 e. The lowest BCUT2D eigenvalue weighted by Gasteiger charge is -2.04. The van der Waals surface area contributed by atoms with Crippen molar-refractivity contribution < 1.29 is 18.0 Å². The van der Waals surface area contributed by atoms with Crippen LogP contribution in [0.5, 0.6) is 0 Å². The van der Waals surface area contributed by atoms with E-state index in [2.05, 4.69) is 10.2 Å². The first kappa shape index (κ1) is 9.70. The van der Waals surface area contributed by atoms with Crippen LogP contribution in [0.15, 0.2) is 24.4 Å². The molecule has 3 nitrogen and oxygen atoms in total. The second-order valence-corrected chi connectivity index (χ2v) is 3.00. The number of hydrogen-bond donors (Lipinski definition) is 1. The first-order chi connectivity index (χ1) is 6.98. The fourth-order valence-electron chi connectivity index (χ4n) is 1.25. The van der Waals surface area contributed by atoms with E-state index in [1.54, 1.807) is 0 Å². The van der Waals surface area contributed by atoms with Crippen molar-refractivity contribution in [1.29, 1.82) is 0 Å². The van der Waals surface area contributed by atoms with Gasteiger partial charge in [0.1, 0.15) is 0 Å². The van der Waals surface area contributed by atoms with Gasteiger partial charge < -0.3 is 0 Å². The standard InChI is InChI=1S/C9H5F3N2O/c10-9(11,12)8(15)5-1-2-7-6(3-5)4-13-14-7/h1-4H,(H,13,14). The van der Waals surface area contributed by atoms with E-state index < -0.39 is 12.0 Å². The molecule has 0 aliphatic heterocycles. The van der Waals surface area contributed by atoms with Crippen molar-refractivity contribution >= 4 is 16.7 Å². The number of Topliss-reactive ketones (excluding diaryl/α,β-unsaturated/α-hetero) is 1. The van der Waals surface area contributed by atoms with Crippen LogP contribution in [0.4, 0.5) is 13.2 Å². The number of aromatic amines is 1. The maximum atomic E-state index is 12.1. The Balaban J connectivity index is 2.49. The summed E-state index contributed by atoms with van der Waals surface area (Å²) in [4.78, 5) is 10.9. The van der Waals surface area contributed by atoms with Gasteiger partial charge in [0.2, 0.25) is 0 Å². The van der Waals surface area contributed by atoms with Gasteiger partial charge in [-0.3, -0.25) is 9.89 Å². The largest absolute Gasteiger partial charge is 0.454 e. The van der Waals surface area contributed by atoms with E-state index in [0.717, 1.165) is 12.1 Å². The van der Waals surface area contributed by atoms with Gasteiger partial charge >= 0.3 is 6.18 Å². The van der Waals surface area contributed by atoms with Crippen LogP contribution in [-0.2, 0) is 0 Å². The van der Waals surface area contributed by atoms with Crippen LogP contribution in [0.25, 0.3) is 10.9 Å². The summed E-state index contributed by atoms with van der Waals surface area (Å²) < 4.78 is 36.3. The van der Waals surface area contributed by atoms with Gasteiger partial charge in [-0.2, -0.15) is 18.3 Å². The number of aromatic nitrogens is 2. The number of carbonyl (C=O) groups is 1. The zero-order valence-electron chi connectivity index (χ0n) is 7.30. The summed E-state index contributed by atoms with van der Waals surface area (Å²) in [5, 5.41) is 6.71. The summed E-state index contributed by atoms with van der Waals surface area (Å²) in [6.45, 7) is 0. The van der Waals surface area contributed by atoms with Crippen LogP contribution in [0, 0.1) is 0 Å². The van der Waals surface area contributed by atoms with Crippen molar-refractivity contribution in [2.24, 2.45) is 0 Å². The quantitative estimate of drug-likeness (QED) is 0.740. The number of nitrogens with one attached hydrogen (secondary N) is 1. The minimum absolute atomic E-state index is 0.378. The SMILES string of the molecule is O=C(c1ccc2[nH]ncc2c1)C(F)(F)F. The second kappa shape index (κ2) is 3.08. The fourth-order valence-corrected chi connectivity index (χ4v) is 1.25. The van der Waals surface area contributed by atoms with Crippen LogP contribution in [-0.4, -0.2) is 22.2 Å². The van der Waals surface area contributed by atoms with Gasteiger partial charge in [0.15, 0.2) is 0 Å². The van der Waals surface area contributed by atoms with Crippen LogP contribution < -0.4 is 0 Å². The van der Waals surface area contributed by atoms with Crippen molar-refractivity contribution in [2.75, 3.05) is 0 Å². The summed E-state index contributed by atoms with van der Waals surface area (Å²) in [6, 6.07) is 3.67. The molecule has 0 bridgehead atoms. The minimum Gasteiger partial charge on any atom is -0.284 e.